The Morgan fingerprint density at radius 2 is 1.54 bits per heavy atom. The first-order valence-electron chi connectivity index (χ1n) is 11.9. The molecule has 0 aliphatic carbocycles. The number of fused-ring (bicyclic) bond motifs is 3. The van der Waals surface area contributed by atoms with Gasteiger partial charge in [0.05, 0.1) is 23.8 Å². The van der Waals surface area contributed by atoms with Gasteiger partial charge in [-0.15, -0.1) is 0 Å². The SMILES string of the molecule is COc1ccc2c(c1)c1c(c(=O)n(-c3ccc(C)cc3)c(=O)n1CC(=O)Nc1cc(C)cc(C)c1)n2C. The zero-order valence-electron chi connectivity index (χ0n) is 21.5. The Kier molecular flexibility index (Phi) is 5.95. The summed E-state index contributed by atoms with van der Waals surface area (Å²) in [5, 5.41) is 3.56. The van der Waals surface area contributed by atoms with E-state index in [9.17, 15) is 14.4 Å². The number of nitrogens with zero attached hydrogens (tertiary/aromatic N) is 3. The number of methoxy groups -OCH3 is 1. The van der Waals surface area contributed by atoms with Gasteiger partial charge in [-0.1, -0.05) is 23.8 Å². The van der Waals surface area contributed by atoms with E-state index in [4.69, 9.17) is 4.74 Å². The van der Waals surface area contributed by atoms with Gasteiger partial charge in [-0.2, -0.15) is 0 Å². The molecule has 37 heavy (non-hydrogen) atoms. The van der Waals surface area contributed by atoms with Crippen LogP contribution >= 0.6 is 0 Å². The largest absolute Gasteiger partial charge is 0.497 e. The fourth-order valence-electron chi connectivity index (χ4n) is 4.92. The van der Waals surface area contributed by atoms with Gasteiger partial charge < -0.3 is 14.6 Å². The molecule has 0 spiro atoms. The van der Waals surface area contributed by atoms with Gasteiger partial charge in [0, 0.05) is 18.1 Å². The number of carbonyl (C=O) groups is 1. The molecule has 1 N–H and O–H groups in total. The third kappa shape index (κ3) is 4.20. The first-order valence-corrected chi connectivity index (χ1v) is 11.9. The van der Waals surface area contributed by atoms with Crippen LogP contribution < -0.4 is 21.3 Å². The van der Waals surface area contributed by atoms with E-state index in [-0.39, 0.29) is 12.5 Å². The summed E-state index contributed by atoms with van der Waals surface area (Å²) in [4.78, 5) is 40.9. The van der Waals surface area contributed by atoms with Crippen LogP contribution in [0.2, 0.25) is 0 Å². The van der Waals surface area contributed by atoms with Gasteiger partial charge >= 0.3 is 5.69 Å². The highest BCUT2D eigenvalue weighted by Gasteiger charge is 2.23. The first kappa shape index (κ1) is 24.1. The molecule has 0 saturated carbocycles. The predicted molar refractivity (Wildman–Crippen MR) is 146 cm³/mol. The molecule has 2 aromatic heterocycles. The Hall–Kier alpha value is -4.59. The van der Waals surface area contributed by atoms with Crippen molar-refractivity contribution in [3.05, 3.63) is 98.2 Å². The number of ether oxygens (including phenoxy) is 1. The van der Waals surface area contributed by atoms with Crippen LogP contribution in [0, 0.1) is 20.8 Å². The molecule has 5 aromatic rings. The summed E-state index contributed by atoms with van der Waals surface area (Å²) in [6.45, 7) is 5.57. The Morgan fingerprint density at radius 3 is 2.19 bits per heavy atom. The second-order valence-electron chi connectivity index (χ2n) is 9.41. The van der Waals surface area contributed by atoms with Crippen molar-refractivity contribution in [2.24, 2.45) is 7.05 Å². The molecule has 0 radical (unpaired) electrons. The number of anilines is 1. The molecule has 0 aliphatic heterocycles. The molecule has 5 rings (SSSR count). The van der Waals surface area contributed by atoms with Crippen LogP contribution in [0.1, 0.15) is 16.7 Å². The molecular formula is C29H28N4O4. The number of carbonyl (C=O) groups excluding carboxylic acids is 1. The number of aryl methyl sites for hydroxylation is 4. The van der Waals surface area contributed by atoms with Crippen molar-refractivity contribution in [1.29, 1.82) is 0 Å². The zero-order valence-corrected chi connectivity index (χ0v) is 21.5. The third-order valence-corrected chi connectivity index (χ3v) is 6.58. The molecule has 3 aromatic carbocycles. The molecule has 188 valence electrons. The number of hydrogen-bond donors (Lipinski definition) is 1. The van der Waals surface area contributed by atoms with Gasteiger partial charge in [0.25, 0.3) is 5.56 Å². The van der Waals surface area contributed by atoms with Crippen molar-refractivity contribution >= 4 is 33.5 Å². The summed E-state index contributed by atoms with van der Waals surface area (Å²) in [5.41, 5.74) is 4.55. The topological polar surface area (TPSA) is 87.3 Å². The van der Waals surface area contributed by atoms with E-state index in [2.05, 4.69) is 5.32 Å². The molecule has 0 unspecified atom stereocenters. The van der Waals surface area contributed by atoms with Gasteiger partial charge in [-0.05, 0) is 74.4 Å². The quantitative estimate of drug-likeness (QED) is 0.395. The third-order valence-electron chi connectivity index (χ3n) is 6.58. The summed E-state index contributed by atoms with van der Waals surface area (Å²) in [6.07, 6.45) is 0. The van der Waals surface area contributed by atoms with Crippen LogP contribution in [0.3, 0.4) is 0 Å². The van der Waals surface area contributed by atoms with E-state index in [1.54, 1.807) is 43.0 Å². The van der Waals surface area contributed by atoms with E-state index in [0.29, 0.717) is 33.5 Å². The number of benzene rings is 3. The van der Waals surface area contributed by atoms with E-state index in [0.717, 1.165) is 26.8 Å². The monoisotopic (exact) mass is 496 g/mol. The minimum absolute atomic E-state index is 0.273. The van der Waals surface area contributed by atoms with Crippen molar-refractivity contribution in [1.82, 2.24) is 13.7 Å². The number of aromatic nitrogens is 3. The molecule has 2 heterocycles. The standard InChI is InChI=1S/C29H28N4O4/c1-17-6-8-21(9-7-17)33-28(35)27-26(23-15-22(37-5)10-11-24(23)31(27)4)32(29(33)36)16-25(34)30-20-13-18(2)12-19(3)14-20/h6-15H,16H2,1-5H3,(H,30,34). The van der Waals surface area contributed by atoms with E-state index in [1.165, 1.54) is 4.57 Å². The lowest BCUT2D eigenvalue weighted by atomic mass is 10.1. The van der Waals surface area contributed by atoms with Crippen molar-refractivity contribution < 1.29 is 9.53 Å². The molecule has 8 heteroatoms. The van der Waals surface area contributed by atoms with Crippen LogP contribution in [0.4, 0.5) is 5.69 Å². The predicted octanol–water partition coefficient (Wildman–Crippen LogP) is 4.22. The number of hydrogen-bond acceptors (Lipinski definition) is 4. The Bertz CT molecular complexity index is 1790. The highest BCUT2D eigenvalue weighted by atomic mass is 16.5. The fraction of sp³-hybridized carbons (Fsp3) is 0.207. The van der Waals surface area contributed by atoms with E-state index < -0.39 is 11.2 Å². The summed E-state index contributed by atoms with van der Waals surface area (Å²) in [6, 6.07) is 18.3. The molecule has 0 aliphatic rings. The van der Waals surface area contributed by atoms with Gasteiger partial charge in [0.15, 0.2) is 0 Å². The maximum Gasteiger partial charge on any atom is 0.336 e. The summed E-state index contributed by atoms with van der Waals surface area (Å²) >= 11 is 0. The van der Waals surface area contributed by atoms with Gasteiger partial charge in [-0.25, -0.2) is 9.36 Å². The second kappa shape index (κ2) is 9.13. The zero-order chi connectivity index (χ0) is 26.4. The Labute approximate surface area is 213 Å². The number of nitrogens with one attached hydrogen (secondary N) is 1. The van der Waals surface area contributed by atoms with Crippen LogP contribution in [0.5, 0.6) is 5.75 Å². The minimum Gasteiger partial charge on any atom is -0.497 e. The first-order chi connectivity index (χ1) is 17.7. The van der Waals surface area contributed by atoms with Crippen LogP contribution in [-0.2, 0) is 18.4 Å². The van der Waals surface area contributed by atoms with Crippen molar-refractivity contribution in [2.45, 2.75) is 27.3 Å². The smallest absolute Gasteiger partial charge is 0.336 e. The maximum atomic E-state index is 13.9. The lowest BCUT2D eigenvalue weighted by molar-refractivity contribution is -0.116. The van der Waals surface area contributed by atoms with Gasteiger partial charge in [0.1, 0.15) is 17.8 Å². The number of amides is 1. The maximum absolute atomic E-state index is 13.9. The van der Waals surface area contributed by atoms with Gasteiger partial charge in [0.2, 0.25) is 5.91 Å². The van der Waals surface area contributed by atoms with Crippen molar-refractivity contribution in [2.75, 3.05) is 12.4 Å². The molecule has 1 amide bonds. The Morgan fingerprint density at radius 1 is 0.865 bits per heavy atom. The summed E-state index contributed by atoms with van der Waals surface area (Å²) < 4.78 is 9.67. The number of rotatable bonds is 5. The Balaban J connectivity index is 1.77. The second-order valence-corrected chi connectivity index (χ2v) is 9.41. The van der Waals surface area contributed by atoms with Crippen LogP contribution in [-0.4, -0.2) is 26.7 Å². The molecule has 0 bridgehead atoms. The molecule has 8 nitrogen and oxygen atoms in total. The highest BCUT2D eigenvalue weighted by Crippen LogP contribution is 2.29. The van der Waals surface area contributed by atoms with Crippen molar-refractivity contribution in [3.63, 3.8) is 0 Å². The lowest BCUT2D eigenvalue weighted by Crippen LogP contribution is -2.41. The summed E-state index contributed by atoms with van der Waals surface area (Å²) in [5.74, 6) is 0.212. The lowest BCUT2D eigenvalue weighted by Gasteiger charge is -2.14. The average Bonchev–Trinajstić information content (AvgIpc) is 3.14. The van der Waals surface area contributed by atoms with Crippen molar-refractivity contribution in [3.8, 4) is 11.4 Å². The van der Waals surface area contributed by atoms with Crippen LogP contribution in [0.15, 0.2) is 70.3 Å². The molecular weight excluding hydrogens is 468 g/mol. The minimum atomic E-state index is -0.591. The van der Waals surface area contributed by atoms with Gasteiger partial charge in [-0.3, -0.25) is 14.2 Å². The molecule has 0 atom stereocenters. The fourth-order valence-corrected chi connectivity index (χ4v) is 4.92. The van der Waals surface area contributed by atoms with Crippen LogP contribution in [0.25, 0.3) is 27.6 Å². The molecule has 0 fully saturated rings. The van der Waals surface area contributed by atoms with E-state index in [1.807, 2.05) is 57.2 Å². The summed E-state index contributed by atoms with van der Waals surface area (Å²) in [7, 11) is 3.34. The van der Waals surface area contributed by atoms with E-state index >= 15 is 0 Å². The normalized spacial score (nSPS) is 11.3. The highest BCUT2D eigenvalue weighted by molar-refractivity contribution is 6.07. The average molecular weight is 497 g/mol. The molecule has 0 saturated heterocycles.